The SMILES string of the molecule is CNc1ccc(Oc2ncccc2-c2cc(Oc3ccccc3)ccc2C(N)=O)cc1. The molecule has 0 fully saturated rings. The van der Waals surface area contributed by atoms with E-state index in [2.05, 4.69) is 10.3 Å². The number of aromatic nitrogens is 1. The molecule has 31 heavy (non-hydrogen) atoms. The summed E-state index contributed by atoms with van der Waals surface area (Å²) >= 11 is 0. The van der Waals surface area contributed by atoms with Gasteiger partial charge in [-0.1, -0.05) is 18.2 Å². The van der Waals surface area contributed by atoms with E-state index >= 15 is 0 Å². The molecule has 6 nitrogen and oxygen atoms in total. The maximum Gasteiger partial charge on any atom is 0.249 e. The van der Waals surface area contributed by atoms with Crippen LogP contribution in [0.1, 0.15) is 10.4 Å². The van der Waals surface area contributed by atoms with Crippen LogP contribution in [0, 0.1) is 0 Å². The molecule has 0 unspecified atom stereocenters. The van der Waals surface area contributed by atoms with Crippen molar-refractivity contribution in [1.29, 1.82) is 0 Å². The number of nitrogens with two attached hydrogens (primary N) is 1. The summed E-state index contributed by atoms with van der Waals surface area (Å²) in [6.07, 6.45) is 1.63. The van der Waals surface area contributed by atoms with Crippen LogP contribution < -0.4 is 20.5 Å². The first-order valence-electron chi connectivity index (χ1n) is 9.72. The largest absolute Gasteiger partial charge is 0.457 e. The van der Waals surface area contributed by atoms with Crippen LogP contribution in [0.4, 0.5) is 5.69 Å². The topological polar surface area (TPSA) is 86.5 Å². The molecule has 0 aliphatic rings. The summed E-state index contributed by atoms with van der Waals surface area (Å²) in [6, 6.07) is 25.6. The molecular weight excluding hydrogens is 390 g/mol. The van der Waals surface area contributed by atoms with Gasteiger partial charge >= 0.3 is 0 Å². The normalized spacial score (nSPS) is 10.4. The van der Waals surface area contributed by atoms with Gasteiger partial charge in [0.05, 0.1) is 0 Å². The highest BCUT2D eigenvalue weighted by Crippen LogP contribution is 2.36. The van der Waals surface area contributed by atoms with Gasteiger partial charge in [0.15, 0.2) is 0 Å². The first kappa shape index (κ1) is 20.0. The number of amides is 1. The van der Waals surface area contributed by atoms with Crippen LogP contribution >= 0.6 is 0 Å². The lowest BCUT2D eigenvalue weighted by Crippen LogP contribution is -2.12. The van der Waals surface area contributed by atoms with Gasteiger partial charge < -0.3 is 20.5 Å². The Labute approximate surface area is 180 Å². The molecule has 1 heterocycles. The molecule has 3 aromatic carbocycles. The fourth-order valence-electron chi connectivity index (χ4n) is 3.13. The number of pyridine rings is 1. The number of ether oxygens (including phenoxy) is 2. The van der Waals surface area contributed by atoms with Gasteiger partial charge in [-0.15, -0.1) is 0 Å². The number of hydrogen-bond acceptors (Lipinski definition) is 5. The molecule has 1 aromatic heterocycles. The van der Waals surface area contributed by atoms with Gasteiger partial charge in [-0.3, -0.25) is 4.79 Å². The second-order valence-electron chi connectivity index (χ2n) is 6.72. The fourth-order valence-corrected chi connectivity index (χ4v) is 3.13. The van der Waals surface area contributed by atoms with Crippen molar-refractivity contribution in [1.82, 2.24) is 4.98 Å². The standard InChI is InChI=1S/C25H21N3O3/c1-27-17-9-11-19(12-10-17)31-25-22(8-5-15-28-25)23-16-20(13-14-21(23)24(26)29)30-18-6-3-2-4-7-18/h2-16,27H,1H3,(H2,26,29). The lowest BCUT2D eigenvalue weighted by atomic mass is 9.99. The maximum absolute atomic E-state index is 12.1. The monoisotopic (exact) mass is 411 g/mol. The fraction of sp³-hybridized carbons (Fsp3) is 0.0400. The second-order valence-corrected chi connectivity index (χ2v) is 6.72. The number of carbonyl (C=O) groups excluding carboxylic acids is 1. The van der Waals surface area contributed by atoms with Gasteiger partial charge in [0.2, 0.25) is 11.8 Å². The van der Waals surface area contributed by atoms with Crippen LogP contribution in [0.15, 0.2) is 91.1 Å². The van der Waals surface area contributed by atoms with E-state index in [-0.39, 0.29) is 0 Å². The highest BCUT2D eigenvalue weighted by molar-refractivity contribution is 6.00. The van der Waals surface area contributed by atoms with Gasteiger partial charge in [0.25, 0.3) is 0 Å². The Morgan fingerprint density at radius 1 is 0.806 bits per heavy atom. The Kier molecular flexibility index (Phi) is 5.80. The van der Waals surface area contributed by atoms with Crippen LogP contribution in [-0.2, 0) is 0 Å². The molecule has 3 N–H and O–H groups in total. The van der Waals surface area contributed by atoms with E-state index in [4.69, 9.17) is 15.2 Å². The van der Waals surface area contributed by atoms with E-state index in [0.717, 1.165) is 5.69 Å². The average Bonchev–Trinajstić information content (AvgIpc) is 2.80. The number of nitrogens with one attached hydrogen (secondary N) is 1. The number of benzene rings is 3. The number of para-hydroxylation sites is 1. The summed E-state index contributed by atoms with van der Waals surface area (Å²) in [4.78, 5) is 16.5. The Morgan fingerprint density at radius 3 is 2.23 bits per heavy atom. The summed E-state index contributed by atoms with van der Waals surface area (Å²) < 4.78 is 12.0. The minimum atomic E-state index is -0.547. The van der Waals surface area contributed by atoms with E-state index in [9.17, 15) is 4.79 Å². The second kappa shape index (κ2) is 9.00. The van der Waals surface area contributed by atoms with Crippen molar-refractivity contribution < 1.29 is 14.3 Å². The highest BCUT2D eigenvalue weighted by Gasteiger charge is 2.17. The lowest BCUT2D eigenvalue weighted by molar-refractivity contribution is 0.100. The highest BCUT2D eigenvalue weighted by atomic mass is 16.5. The van der Waals surface area contributed by atoms with Gasteiger partial charge in [-0.05, 0) is 66.7 Å². The Balaban J connectivity index is 1.73. The van der Waals surface area contributed by atoms with Crippen LogP contribution in [0.25, 0.3) is 11.1 Å². The molecule has 0 aliphatic heterocycles. The summed E-state index contributed by atoms with van der Waals surface area (Å²) in [7, 11) is 1.85. The molecule has 4 aromatic rings. The Morgan fingerprint density at radius 2 is 1.52 bits per heavy atom. The summed E-state index contributed by atoms with van der Waals surface area (Å²) in [5, 5.41) is 3.06. The Hall–Kier alpha value is -4.32. The number of anilines is 1. The van der Waals surface area contributed by atoms with Crippen molar-refractivity contribution in [3.63, 3.8) is 0 Å². The van der Waals surface area contributed by atoms with Crippen molar-refractivity contribution in [2.45, 2.75) is 0 Å². The van der Waals surface area contributed by atoms with E-state index in [0.29, 0.717) is 39.8 Å². The molecule has 4 rings (SSSR count). The Bertz CT molecular complexity index is 1190. The molecule has 0 saturated heterocycles. The molecule has 1 amide bonds. The molecule has 0 atom stereocenters. The third-order valence-corrected chi connectivity index (χ3v) is 4.65. The first-order chi connectivity index (χ1) is 15.1. The minimum Gasteiger partial charge on any atom is -0.457 e. The van der Waals surface area contributed by atoms with Crippen LogP contribution in [0.3, 0.4) is 0 Å². The number of hydrogen-bond donors (Lipinski definition) is 2. The maximum atomic E-state index is 12.1. The number of carbonyl (C=O) groups is 1. The van der Waals surface area contributed by atoms with E-state index < -0.39 is 5.91 Å². The van der Waals surface area contributed by atoms with Gasteiger partial charge in [-0.2, -0.15) is 0 Å². The van der Waals surface area contributed by atoms with Crippen molar-refractivity contribution in [2.24, 2.45) is 5.73 Å². The minimum absolute atomic E-state index is 0.351. The number of nitrogens with zero attached hydrogens (tertiary/aromatic N) is 1. The summed E-state index contributed by atoms with van der Waals surface area (Å²) in [6.45, 7) is 0. The van der Waals surface area contributed by atoms with Crippen LogP contribution in [0.5, 0.6) is 23.1 Å². The van der Waals surface area contributed by atoms with Crippen molar-refractivity contribution in [3.05, 3.63) is 96.7 Å². The molecular formula is C25H21N3O3. The first-order valence-corrected chi connectivity index (χ1v) is 9.72. The molecule has 6 heteroatoms. The molecule has 0 spiro atoms. The van der Waals surface area contributed by atoms with E-state index in [1.54, 1.807) is 30.5 Å². The molecule has 0 saturated carbocycles. The van der Waals surface area contributed by atoms with Crippen molar-refractivity contribution in [3.8, 4) is 34.3 Å². The zero-order valence-corrected chi connectivity index (χ0v) is 16.9. The third kappa shape index (κ3) is 4.64. The van der Waals surface area contributed by atoms with Gasteiger partial charge in [-0.25, -0.2) is 4.98 Å². The smallest absolute Gasteiger partial charge is 0.249 e. The lowest BCUT2D eigenvalue weighted by Gasteiger charge is -2.14. The molecule has 0 radical (unpaired) electrons. The van der Waals surface area contributed by atoms with Gasteiger partial charge in [0.1, 0.15) is 17.2 Å². The molecule has 154 valence electrons. The number of rotatable bonds is 7. The van der Waals surface area contributed by atoms with E-state index in [1.165, 1.54) is 0 Å². The quantitative estimate of drug-likeness (QED) is 0.421. The van der Waals surface area contributed by atoms with Crippen molar-refractivity contribution in [2.75, 3.05) is 12.4 Å². The van der Waals surface area contributed by atoms with Crippen LogP contribution in [-0.4, -0.2) is 17.9 Å². The molecule has 0 bridgehead atoms. The molecule has 0 aliphatic carbocycles. The van der Waals surface area contributed by atoms with Crippen molar-refractivity contribution >= 4 is 11.6 Å². The summed E-state index contributed by atoms with van der Waals surface area (Å²) in [5.74, 6) is 1.69. The third-order valence-electron chi connectivity index (χ3n) is 4.65. The van der Waals surface area contributed by atoms with Gasteiger partial charge in [0, 0.05) is 35.6 Å². The van der Waals surface area contributed by atoms with Crippen LogP contribution in [0.2, 0.25) is 0 Å². The zero-order chi connectivity index (χ0) is 21.6. The average molecular weight is 411 g/mol. The summed E-state index contributed by atoms with van der Waals surface area (Å²) in [5.41, 5.74) is 8.17. The van der Waals surface area contributed by atoms with E-state index in [1.807, 2.05) is 67.7 Å². The predicted molar refractivity (Wildman–Crippen MR) is 121 cm³/mol. The predicted octanol–water partition coefficient (Wildman–Crippen LogP) is 5.47. The number of primary amides is 1. The zero-order valence-electron chi connectivity index (χ0n) is 16.9.